The number of allylic oxidation sites excluding steroid dienone is 2. The van der Waals surface area contributed by atoms with Crippen molar-refractivity contribution in [3.05, 3.63) is 48.0 Å². The summed E-state index contributed by atoms with van der Waals surface area (Å²) in [6, 6.07) is 10.1. The van der Waals surface area contributed by atoms with E-state index in [1.165, 1.54) is 5.56 Å². The van der Waals surface area contributed by atoms with Crippen molar-refractivity contribution >= 4 is 5.78 Å². The fraction of sp³-hybridized carbons (Fsp3) is 0.357. The SMILES string of the molecule is CCOCCC(=O)C=CCc1ccccc1. The van der Waals surface area contributed by atoms with Gasteiger partial charge in [-0.05, 0) is 25.0 Å². The van der Waals surface area contributed by atoms with Gasteiger partial charge in [0, 0.05) is 13.0 Å². The third-order valence-corrected chi connectivity index (χ3v) is 2.20. The van der Waals surface area contributed by atoms with Crippen molar-refractivity contribution in [1.82, 2.24) is 0 Å². The van der Waals surface area contributed by atoms with Crippen LogP contribution in [0.15, 0.2) is 42.5 Å². The average Bonchev–Trinajstić information content (AvgIpc) is 2.31. The first-order valence-electron chi connectivity index (χ1n) is 5.64. The number of benzene rings is 1. The molecule has 0 saturated carbocycles. The molecule has 0 fully saturated rings. The van der Waals surface area contributed by atoms with E-state index in [-0.39, 0.29) is 5.78 Å². The summed E-state index contributed by atoms with van der Waals surface area (Å²) >= 11 is 0. The number of hydrogen-bond acceptors (Lipinski definition) is 2. The lowest BCUT2D eigenvalue weighted by Gasteiger charge is -1.97. The zero-order valence-electron chi connectivity index (χ0n) is 9.69. The van der Waals surface area contributed by atoms with E-state index in [2.05, 4.69) is 12.1 Å². The van der Waals surface area contributed by atoms with Crippen molar-refractivity contribution in [1.29, 1.82) is 0 Å². The second-order valence-corrected chi connectivity index (χ2v) is 3.51. The average molecular weight is 218 g/mol. The van der Waals surface area contributed by atoms with Crippen LogP contribution in [0.2, 0.25) is 0 Å². The van der Waals surface area contributed by atoms with E-state index in [1.54, 1.807) is 6.08 Å². The molecule has 0 heterocycles. The van der Waals surface area contributed by atoms with Crippen LogP contribution in [0.3, 0.4) is 0 Å². The van der Waals surface area contributed by atoms with Crippen molar-refractivity contribution in [3.63, 3.8) is 0 Å². The molecule has 0 atom stereocenters. The Balaban J connectivity index is 2.24. The van der Waals surface area contributed by atoms with Gasteiger partial charge in [0.15, 0.2) is 5.78 Å². The lowest BCUT2D eigenvalue weighted by molar-refractivity contribution is -0.115. The summed E-state index contributed by atoms with van der Waals surface area (Å²) in [4.78, 5) is 11.3. The number of rotatable bonds is 7. The van der Waals surface area contributed by atoms with Crippen LogP contribution in [0.25, 0.3) is 0 Å². The Kier molecular flexibility index (Phi) is 6.19. The molecule has 0 bridgehead atoms. The van der Waals surface area contributed by atoms with E-state index in [0.717, 1.165) is 6.42 Å². The Morgan fingerprint density at radius 1 is 1.31 bits per heavy atom. The predicted octanol–water partition coefficient (Wildman–Crippen LogP) is 2.78. The highest BCUT2D eigenvalue weighted by Gasteiger charge is 1.95. The van der Waals surface area contributed by atoms with Gasteiger partial charge in [0.1, 0.15) is 0 Å². The molecule has 1 rings (SSSR count). The molecule has 0 radical (unpaired) electrons. The summed E-state index contributed by atoms with van der Waals surface area (Å²) in [5, 5.41) is 0. The van der Waals surface area contributed by atoms with E-state index < -0.39 is 0 Å². The first-order valence-corrected chi connectivity index (χ1v) is 5.64. The summed E-state index contributed by atoms with van der Waals surface area (Å²) < 4.78 is 5.11. The van der Waals surface area contributed by atoms with Crippen molar-refractivity contribution in [2.75, 3.05) is 13.2 Å². The van der Waals surface area contributed by atoms with Crippen LogP contribution in [0, 0.1) is 0 Å². The highest BCUT2D eigenvalue weighted by molar-refractivity contribution is 5.89. The van der Waals surface area contributed by atoms with Gasteiger partial charge in [-0.25, -0.2) is 0 Å². The maximum atomic E-state index is 11.3. The van der Waals surface area contributed by atoms with Crippen molar-refractivity contribution in [2.24, 2.45) is 0 Å². The van der Waals surface area contributed by atoms with E-state index in [4.69, 9.17) is 4.74 Å². The van der Waals surface area contributed by atoms with Gasteiger partial charge in [0.05, 0.1) is 6.61 Å². The van der Waals surface area contributed by atoms with Crippen LogP contribution in [-0.2, 0) is 16.0 Å². The molecule has 0 saturated heterocycles. The second-order valence-electron chi connectivity index (χ2n) is 3.51. The highest BCUT2D eigenvalue weighted by atomic mass is 16.5. The molecule has 2 nitrogen and oxygen atoms in total. The lowest BCUT2D eigenvalue weighted by Crippen LogP contribution is -2.01. The molecule has 2 heteroatoms. The first kappa shape index (κ1) is 12.7. The third-order valence-electron chi connectivity index (χ3n) is 2.20. The molecule has 16 heavy (non-hydrogen) atoms. The number of ketones is 1. The molecule has 0 aliphatic heterocycles. The van der Waals surface area contributed by atoms with Crippen LogP contribution in [0.1, 0.15) is 18.9 Å². The molecule has 0 aromatic heterocycles. The summed E-state index contributed by atoms with van der Waals surface area (Å²) in [5.74, 6) is 0.129. The molecule has 0 aliphatic rings. The largest absolute Gasteiger partial charge is 0.381 e. The molecule has 0 aliphatic carbocycles. The zero-order chi connectivity index (χ0) is 11.6. The minimum atomic E-state index is 0.129. The minimum Gasteiger partial charge on any atom is -0.381 e. The summed E-state index contributed by atoms with van der Waals surface area (Å²) in [7, 11) is 0. The maximum absolute atomic E-state index is 11.3. The Morgan fingerprint density at radius 3 is 2.75 bits per heavy atom. The predicted molar refractivity (Wildman–Crippen MR) is 65.4 cm³/mol. The Morgan fingerprint density at radius 2 is 2.06 bits per heavy atom. The van der Waals surface area contributed by atoms with Gasteiger partial charge >= 0.3 is 0 Å². The van der Waals surface area contributed by atoms with Crippen LogP contribution in [0.4, 0.5) is 0 Å². The van der Waals surface area contributed by atoms with Crippen LogP contribution in [-0.4, -0.2) is 19.0 Å². The molecule has 0 N–H and O–H groups in total. The minimum absolute atomic E-state index is 0.129. The third kappa shape index (κ3) is 5.47. The van der Waals surface area contributed by atoms with Gasteiger partial charge < -0.3 is 4.74 Å². The molecular weight excluding hydrogens is 200 g/mol. The molecule has 0 amide bonds. The monoisotopic (exact) mass is 218 g/mol. The van der Waals surface area contributed by atoms with E-state index in [9.17, 15) is 4.79 Å². The molecule has 0 spiro atoms. The maximum Gasteiger partial charge on any atom is 0.157 e. The number of hydrogen-bond donors (Lipinski definition) is 0. The number of carbonyl (C=O) groups excluding carboxylic acids is 1. The Labute approximate surface area is 96.9 Å². The quantitative estimate of drug-likeness (QED) is 0.519. The van der Waals surface area contributed by atoms with Crippen LogP contribution >= 0.6 is 0 Å². The number of ether oxygens (including phenoxy) is 1. The van der Waals surface area contributed by atoms with E-state index in [1.807, 2.05) is 31.2 Å². The normalized spacial score (nSPS) is 10.8. The highest BCUT2D eigenvalue weighted by Crippen LogP contribution is 2.00. The van der Waals surface area contributed by atoms with E-state index >= 15 is 0 Å². The summed E-state index contributed by atoms with van der Waals surface area (Å²) in [5.41, 5.74) is 1.22. The first-order chi connectivity index (χ1) is 7.83. The summed E-state index contributed by atoms with van der Waals surface area (Å²) in [6.45, 7) is 3.11. The fourth-order valence-corrected chi connectivity index (χ4v) is 1.34. The lowest BCUT2D eigenvalue weighted by atomic mass is 10.1. The molecule has 1 aromatic rings. The van der Waals surface area contributed by atoms with Gasteiger partial charge in [-0.2, -0.15) is 0 Å². The molecule has 0 unspecified atom stereocenters. The van der Waals surface area contributed by atoms with Gasteiger partial charge in [0.25, 0.3) is 0 Å². The summed E-state index contributed by atoms with van der Waals surface area (Å²) in [6.07, 6.45) is 4.83. The van der Waals surface area contributed by atoms with Crippen LogP contribution in [0.5, 0.6) is 0 Å². The fourth-order valence-electron chi connectivity index (χ4n) is 1.34. The van der Waals surface area contributed by atoms with Crippen LogP contribution < -0.4 is 0 Å². The molecular formula is C14H18O2. The number of carbonyl (C=O) groups is 1. The second kappa shape index (κ2) is 7.83. The topological polar surface area (TPSA) is 26.3 Å². The van der Waals surface area contributed by atoms with Gasteiger partial charge in [-0.15, -0.1) is 0 Å². The Hall–Kier alpha value is -1.41. The van der Waals surface area contributed by atoms with Gasteiger partial charge in [0.2, 0.25) is 0 Å². The van der Waals surface area contributed by atoms with Gasteiger partial charge in [-0.1, -0.05) is 36.4 Å². The molecule has 86 valence electrons. The Bertz CT molecular complexity index is 328. The van der Waals surface area contributed by atoms with E-state index in [0.29, 0.717) is 19.6 Å². The molecule has 1 aromatic carbocycles. The zero-order valence-corrected chi connectivity index (χ0v) is 9.69. The van der Waals surface area contributed by atoms with Crippen molar-refractivity contribution < 1.29 is 9.53 Å². The standard InChI is InChI=1S/C14H18O2/c1-2-16-12-11-14(15)10-6-9-13-7-4-3-5-8-13/h3-8,10H,2,9,11-12H2,1H3. The smallest absolute Gasteiger partial charge is 0.157 e. The van der Waals surface area contributed by atoms with Crippen molar-refractivity contribution in [2.45, 2.75) is 19.8 Å². The van der Waals surface area contributed by atoms with Gasteiger partial charge in [-0.3, -0.25) is 4.79 Å². The van der Waals surface area contributed by atoms with Crippen molar-refractivity contribution in [3.8, 4) is 0 Å².